The summed E-state index contributed by atoms with van der Waals surface area (Å²) in [6, 6.07) is 6.24. The van der Waals surface area contributed by atoms with Crippen molar-refractivity contribution in [3.8, 4) is 0 Å². The summed E-state index contributed by atoms with van der Waals surface area (Å²) in [6.45, 7) is 4.04. The molecule has 0 radical (unpaired) electrons. The van der Waals surface area contributed by atoms with Crippen LogP contribution in [0.1, 0.15) is 20.8 Å². The highest BCUT2D eigenvalue weighted by Gasteiger charge is 2.14. The summed E-state index contributed by atoms with van der Waals surface area (Å²) in [7, 11) is 0. The topological polar surface area (TPSA) is 17.1 Å². The van der Waals surface area contributed by atoms with Gasteiger partial charge in [-0.15, -0.1) is 22.9 Å². The van der Waals surface area contributed by atoms with E-state index in [1.165, 1.54) is 22.3 Å². The third kappa shape index (κ3) is 1.80. The van der Waals surface area contributed by atoms with Gasteiger partial charge in [0.15, 0.2) is 5.78 Å². The number of aryl methyl sites for hydroxylation is 2. The van der Waals surface area contributed by atoms with Crippen molar-refractivity contribution < 1.29 is 4.79 Å². The molecule has 2 rings (SSSR count). The van der Waals surface area contributed by atoms with Gasteiger partial charge >= 0.3 is 0 Å². The van der Waals surface area contributed by atoms with Crippen LogP contribution in [0, 0.1) is 13.8 Å². The van der Waals surface area contributed by atoms with Crippen molar-refractivity contribution in [2.45, 2.75) is 13.8 Å². The van der Waals surface area contributed by atoms with E-state index >= 15 is 0 Å². The lowest BCUT2D eigenvalue weighted by molar-refractivity contribution is 0.102. The number of benzene rings is 1. The Morgan fingerprint density at radius 2 is 2.13 bits per heavy atom. The molecule has 78 valence electrons. The number of alkyl halides is 1. The van der Waals surface area contributed by atoms with E-state index in [2.05, 4.69) is 25.1 Å². The number of fused-ring (bicyclic) bond motifs is 1. The molecular weight excluding hydrogens is 228 g/mol. The fourth-order valence-corrected chi connectivity index (χ4v) is 3.00. The zero-order valence-electron chi connectivity index (χ0n) is 8.63. The monoisotopic (exact) mass is 238 g/mol. The lowest BCUT2D eigenvalue weighted by atomic mass is 10.1. The van der Waals surface area contributed by atoms with E-state index in [9.17, 15) is 4.79 Å². The van der Waals surface area contributed by atoms with Crippen LogP contribution in [-0.4, -0.2) is 11.7 Å². The number of carbonyl (C=O) groups is 1. The van der Waals surface area contributed by atoms with Crippen molar-refractivity contribution >= 4 is 38.8 Å². The zero-order chi connectivity index (χ0) is 11.0. The van der Waals surface area contributed by atoms with Gasteiger partial charge in [-0.05, 0) is 30.9 Å². The fourth-order valence-electron chi connectivity index (χ4n) is 1.66. The van der Waals surface area contributed by atoms with E-state index in [0.29, 0.717) is 0 Å². The normalized spacial score (nSPS) is 10.9. The summed E-state index contributed by atoms with van der Waals surface area (Å²) >= 11 is 7.11. The summed E-state index contributed by atoms with van der Waals surface area (Å²) in [5, 5.41) is 1.17. The summed E-state index contributed by atoms with van der Waals surface area (Å²) in [4.78, 5) is 12.4. The zero-order valence-corrected chi connectivity index (χ0v) is 10.2. The van der Waals surface area contributed by atoms with Gasteiger partial charge in [0.25, 0.3) is 0 Å². The SMILES string of the molecule is Cc1ccc2sc(C(=O)CCl)c(C)c2c1. The quantitative estimate of drug-likeness (QED) is 0.572. The molecule has 15 heavy (non-hydrogen) atoms. The average molecular weight is 239 g/mol. The number of rotatable bonds is 2. The van der Waals surface area contributed by atoms with Crippen molar-refractivity contribution in [2.75, 3.05) is 5.88 Å². The maximum atomic E-state index is 11.6. The number of hydrogen-bond acceptors (Lipinski definition) is 2. The molecule has 1 nitrogen and oxygen atoms in total. The molecule has 0 aliphatic carbocycles. The molecule has 0 bridgehead atoms. The molecule has 0 fully saturated rings. The van der Waals surface area contributed by atoms with Crippen LogP contribution in [0.3, 0.4) is 0 Å². The van der Waals surface area contributed by atoms with Gasteiger partial charge < -0.3 is 0 Å². The number of thiophene rings is 1. The second-order valence-electron chi connectivity index (χ2n) is 3.61. The molecule has 1 aromatic heterocycles. The van der Waals surface area contributed by atoms with Gasteiger partial charge in [0.2, 0.25) is 0 Å². The molecule has 2 aromatic rings. The summed E-state index contributed by atoms with van der Waals surface area (Å²) in [5.41, 5.74) is 2.28. The van der Waals surface area contributed by atoms with E-state index in [1.54, 1.807) is 0 Å². The van der Waals surface area contributed by atoms with Crippen LogP contribution < -0.4 is 0 Å². The molecule has 3 heteroatoms. The molecule has 1 aromatic carbocycles. The molecule has 0 aliphatic rings. The van der Waals surface area contributed by atoms with E-state index in [4.69, 9.17) is 11.6 Å². The Bertz CT molecular complexity index is 528. The first kappa shape index (κ1) is 10.7. The van der Waals surface area contributed by atoms with Crippen LogP contribution in [0.25, 0.3) is 10.1 Å². The van der Waals surface area contributed by atoms with Crippen molar-refractivity contribution in [2.24, 2.45) is 0 Å². The van der Waals surface area contributed by atoms with E-state index < -0.39 is 0 Å². The Balaban J connectivity index is 2.69. The number of carbonyl (C=O) groups excluding carboxylic acids is 1. The molecule has 0 atom stereocenters. The third-order valence-corrected chi connectivity index (χ3v) is 4.02. The van der Waals surface area contributed by atoms with Gasteiger partial charge in [0, 0.05) is 4.70 Å². The molecule has 0 N–H and O–H groups in total. The Morgan fingerprint density at radius 1 is 1.40 bits per heavy atom. The van der Waals surface area contributed by atoms with Crippen LogP contribution in [0.15, 0.2) is 18.2 Å². The van der Waals surface area contributed by atoms with Gasteiger partial charge in [-0.1, -0.05) is 17.7 Å². The van der Waals surface area contributed by atoms with Crippen LogP contribution in [0.5, 0.6) is 0 Å². The van der Waals surface area contributed by atoms with Gasteiger partial charge in [0.05, 0.1) is 10.8 Å². The number of hydrogen-bond donors (Lipinski definition) is 0. The lowest BCUT2D eigenvalue weighted by Gasteiger charge is -1.95. The summed E-state index contributed by atoms with van der Waals surface area (Å²) in [6.07, 6.45) is 0. The highest BCUT2D eigenvalue weighted by atomic mass is 35.5. The smallest absolute Gasteiger partial charge is 0.187 e. The molecule has 0 saturated heterocycles. The third-order valence-electron chi connectivity index (χ3n) is 2.47. The van der Waals surface area contributed by atoms with Crippen LogP contribution in [0.2, 0.25) is 0 Å². The Morgan fingerprint density at radius 3 is 2.80 bits per heavy atom. The van der Waals surface area contributed by atoms with E-state index in [1.807, 2.05) is 6.92 Å². The van der Waals surface area contributed by atoms with Crippen LogP contribution >= 0.6 is 22.9 Å². The van der Waals surface area contributed by atoms with Crippen molar-refractivity contribution in [1.82, 2.24) is 0 Å². The average Bonchev–Trinajstić information content (AvgIpc) is 2.55. The molecule has 0 saturated carbocycles. The minimum absolute atomic E-state index is 0.0213. The molecule has 0 unspecified atom stereocenters. The van der Waals surface area contributed by atoms with Gasteiger partial charge in [0.1, 0.15) is 0 Å². The maximum Gasteiger partial charge on any atom is 0.187 e. The number of ketones is 1. The molecule has 0 aliphatic heterocycles. The molecule has 0 amide bonds. The highest BCUT2D eigenvalue weighted by molar-refractivity contribution is 7.21. The number of Topliss-reactive ketones (excluding diaryl/α,β-unsaturated/α-hetero) is 1. The Labute approximate surface area is 97.7 Å². The van der Waals surface area contributed by atoms with Gasteiger partial charge in [-0.2, -0.15) is 0 Å². The first-order valence-electron chi connectivity index (χ1n) is 4.72. The Kier molecular flexibility index (Phi) is 2.81. The predicted octanol–water partition coefficient (Wildman–Crippen LogP) is 3.94. The second-order valence-corrected chi connectivity index (χ2v) is 4.93. The molecule has 0 spiro atoms. The van der Waals surface area contributed by atoms with Gasteiger partial charge in [-0.25, -0.2) is 0 Å². The van der Waals surface area contributed by atoms with Gasteiger partial charge in [-0.3, -0.25) is 4.79 Å². The molecular formula is C12H11ClOS. The lowest BCUT2D eigenvalue weighted by Crippen LogP contribution is -1.98. The van der Waals surface area contributed by atoms with E-state index in [0.717, 1.165) is 15.1 Å². The Hall–Kier alpha value is -0.860. The number of halogens is 1. The van der Waals surface area contributed by atoms with E-state index in [-0.39, 0.29) is 11.7 Å². The summed E-state index contributed by atoms with van der Waals surface area (Å²) < 4.78 is 1.16. The molecule has 1 heterocycles. The first-order chi connectivity index (χ1) is 7.13. The van der Waals surface area contributed by atoms with Crippen LogP contribution in [0.4, 0.5) is 0 Å². The second kappa shape index (κ2) is 3.95. The largest absolute Gasteiger partial charge is 0.292 e. The fraction of sp³-hybridized carbons (Fsp3) is 0.250. The van der Waals surface area contributed by atoms with Crippen LogP contribution in [-0.2, 0) is 0 Å². The van der Waals surface area contributed by atoms with Crippen molar-refractivity contribution in [3.05, 3.63) is 34.2 Å². The minimum atomic E-state index is 0.0213. The van der Waals surface area contributed by atoms with Crippen molar-refractivity contribution in [1.29, 1.82) is 0 Å². The predicted molar refractivity (Wildman–Crippen MR) is 66.3 cm³/mol. The first-order valence-corrected chi connectivity index (χ1v) is 6.07. The van der Waals surface area contributed by atoms with Crippen molar-refractivity contribution in [3.63, 3.8) is 0 Å². The minimum Gasteiger partial charge on any atom is -0.292 e. The summed E-state index contributed by atoms with van der Waals surface area (Å²) in [5.74, 6) is 0.0835. The highest BCUT2D eigenvalue weighted by Crippen LogP contribution is 2.31. The maximum absolute atomic E-state index is 11.6. The standard InChI is InChI=1S/C12H11ClOS/c1-7-3-4-11-9(5-7)8(2)12(15-11)10(14)6-13/h3-5H,6H2,1-2H3.